The zero-order valence-electron chi connectivity index (χ0n) is 12.1. The molecule has 20 heavy (non-hydrogen) atoms. The van der Waals surface area contributed by atoms with Crippen LogP contribution in [0.4, 0.5) is 4.79 Å². The predicted octanol–water partition coefficient (Wildman–Crippen LogP) is 1.82. The fourth-order valence-corrected chi connectivity index (χ4v) is 2.58. The summed E-state index contributed by atoms with van der Waals surface area (Å²) < 4.78 is 0. The van der Waals surface area contributed by atoms with Gasteiger partial charge in [-0.15, -0.1) is 0 Å². The first kappa shape index (κ1) is 16.3. The quantitative estimate of drug-likeness (QED) is 0.769. The average Bonchev–Trinajstić information content (AvgIpc) is 2.63. The van der Waals surface area contributed by atoms with E-state index in [-0.39, 0.29) is 18.0 Å². The number of carbonyl (C=O) groups excluding carboxylic acids is 1. The number of nitrogens with one attached hydrogen (secondary N) is 1. The minimum absolute atomic E-state index is 0.241. The molecule has 1 fully saturated rings. The van der Waals surface area contributed by atoms with Gasteiger partial charge in [0.25, 0.3) is 0 Å². The number of hydrogen-bond acceptors (Lipinski definition) is 3. The molecule has 6 heteroatoms. The molecule has 0 bridgehead atoms. The van der Waals surface area contributed by atoms with Crippen LogP contribution in [0.25, 0.3) is 0 Å². The summed E-state index contributed by atoms with van der Waals surface area (Å²) in [6.07, 6.45) is 4.15. The Balaban J connectivity index is 2.61. The van der Waals surface area contributed by atoms with Crippen LogP contribution in [0.15, 0.2) is 0 Å². The molecule has 1 saturated carbocycles. The lowest BCUT2D eigenvalue weighted by molar-refractivity contribution is -0.142. The highest BCUT2D eigenvalue weighted by molar-refractivity contribution is 5.76. The van der Waals surface area contributed by atoms with Crippen LogP contribution >= 0.6 is 0 Å². The van der Waals surface area contributed by atoms with Gasteiger partial charge in [0, 0.05) is 19.6 Å². The first-order chi connectivity index (χ1) is 9.45. The van der Waals surface area contributed by atoms with E-state index in [1.54, 1.807) is 14.0 Å². The summed E-state index contributed by atoms with van der Waals surface area (Å²) in [5, 5.41) is 20.8. The number of rotatable bonds is 4. The van der Waals surface area contributed by atoms with E-state index in [1.807, 2.05) is 0 Å². The number of carboxylic acids is 1. The van der Waals surface area contributed by atoms with Crippen LogP contribution in [0.3, 0.4) is 0 Å². The van der Waals surface area contributed by atoms with Crippen LogP contribution in [0.2, 0.25) is 0 Å². The molecule has 0 aromatic rings. The van der Waals surface area contributed by atoms with E-state index in [4.69, 9.17) is 5.26 Å². The van der Waals surface area contributed by atoms with Gasteiger partial charge in [-0.05, 0) is 19.8 Å². The van der Waals surface area contributed by atoms with Gasteiger partial charge < -0.3 is 15.3 Å². The van der Waals surface area contributed by atoms with Crippen molar-refractivity contribution in [1.29, 1.82) is 5.26 Å². The number of aliphatic carboxylic acids is 1. The van der Waals surface area contributed by atoms with Crippen LogP contribution in [0.1, 0.15) is 39.0 Å². The summed E-state index contributed by atoms with van der Waals surface area (Å²) in [6.45, 7) is 2.09. The van der Waals surface area contributed by atoms with E-state index in [9.17, 15) is 14.7 Å². The van der Waals surface area contributed by atoms with E-state index in [2.05, 4.69) is 11.4 Å². The molecule has 3 atom stereocenters. The van der Waals surface area contributed by atoms with Gasteiger partial charge in [0.1, 0.15) is 0 Å². The lowest BCUT2D eigenvalue weighted by Gasteiger charge is -2.26. The van der Waals surface area contributed by atoms with Crippen molar-refractivity contribution in [1.82, 2.24) is 10.2 Å². The second-order valence-electron chi connectivity index (χ2n) is 5.55. The van der Waals surface area contributed by atoms with Gasteiger partial charge in [-0.1, -0.05) is 19.3 Å². The summed E-state index contributed by atoms with van der Waals surface area (Å²) in [7, 11) is 1.62. The summed E-state index contributed by atoms with van der Waals surface area (Å²) in [6, 6.07) is 1.46. The Morgan fingerprint density at radius 3 is 2.65 bits per heavy atom. The van der Waals surface area contributed by atoms with Crippen molar-refractivity contribution >= 4 is 12.0 Å². The Hall–Kier alpha value is -1.77. The monoisotopic (exact) mass is 281 g/mol. The lowest BCUT2D eigenvalue weighted by atomic mass is 9.95. The number of urea groups is 1. The number of nitrogens with zero attached hydrogens (tertiary/aromatic N) is 2. The van der Waals surface area contributed by atoms with Crippen LogP contribution in [0, 0.1) is 23.2 Å². The smallest absolute Gasteiger partial charge is 0.317 e. The number of carbonyl (C=O) groups is 2. The molecular weight excluding hydrogens is 258 g/mol. The molecule has 6 nitrogen and oxygen atoms in total. The van der Waals surface area contributed by atoms with Crippen molar-refractivity contribution < 1.29 is 14.7 Å². The fourth-order valence-electron chi connectivity index (χ4n) is 2.58. The van der Waals surface area contributed by atoms with Gasteiger partial charge >= 0.3 is 12.0 Å². The molecule has 1 rings (SSSR count). The second-order valence-corrected chi connectivity index (χ2v) is 5.55. The highest BCUT2D eigenvalue weighted by Gasteiger charge is 2.31. The maximum Gasteiger partial charge on any atom is 0.317 e. The zero-order valence-corrected chi connectivity index (χ0v) is 12.1. The van der Waals surface area contributed by atoms with Gasteiger partial charge in [-0.3, -0.25) is 4.79 Å². The van der Waals surface area contributed by atoms with E-state index in [0.717, 1.165) is 19.3 Å². The molecule has 2 N–H and O–H groups in total. The fraction of sp³-hybridized carbons (Fsp3) is 0.786. The normalized spacial score (nSPS) is 24.1. The maximum absolute atomic E-state index is 12.1. The third kappa shape index (κ3) is 4.72. The zero-order chi connectivity index (χ0) is 15.1. The molecule has 112 valence electrons. The van der Waals surface area contributed by atoms with Gasteiger partial charge in [0.05, 0.1) is 17.9 Å². The topological polar surface area (TPSA) is 93.4 Å². The molecule has 0 aromatic heterocycles. The summed E-state index contributed by atoms with van der Waals surface area (Å²) in [5.74, 6) is -1.59. The van der Waals surface area contributed by atoms with Gasteiger partial charge in [-0.2, -0.15) is 5.26 Å². The molecule has 3 unspecified atom stereocenters. The summed E-state index contributed by atoms with van der Waals surface area (Å²) >= 11 is 0. The van der Waals surface area contributed by atoms with Gasteiger partial charge in [0.15, 0.2) is 0 Å². The predicted molar refractivity (Wildman–Crippen MR) is 73.9 cm³/mol. The molecular formula is C14H23N3O3. The Kier molecular flexibility index (Phi) is 6.29. The van der Waals surface area contributed by atoms with Crippen molar-refractivity contribution in [3.05, 3.63) is 0 Å². The van der Waals surface area contributed by atoms with Crippen molar-refractivity contribution in [3.63, 3.8) is 0 Å². The average molecular weight is 281 g/mol. The SMILES string of the molecule is CC(C#N)CN(C)C(=O)NC1CCCCCC1C(=O)O. The highest BCUT2D eigenvalue weighted by Crippen LogP contribution is 2.24. The molecule has 0 heterocycles. The summed E-state index contributed by atoms with van der Waals surface area (Å²) in [4.78, 5) is 24.8. The number of amides is 2. The number of hydrogen-bond donors (Lipinski definition) is 2. The molecule has 1 aliphatic rings. The van der Waals surface area contributed by atoms with Crippen molar-refractivity contribution in [3.8, 4) is 6.07 Å². The number of nitriles is 1. The Morgan fingerprint density at radius 1 is 1.40 bits per heavy atom. The summed E-state index contributed by atoms with van der Waals surface area (Å²) in [5.41, 5.74) is 0. The van der Waals surface area contributed by atoms with Crippen molar-refractivity contribution in [2.24, 2.45) is 11.8 Å². The number of carboxylic acid groups (broad SMARTS) is 1. The Labute approximate surface area is 119 Å². The highest BCUT2D eigenvalue weighted by atomic mass is 16.4. The van der Waals surface area contributed by atoms with Crippen LogP contribution < -0.4 is 5.32 Å². The van der Waals surface area contributed by atoms with E-state index >= 15 is 0 Å². The third-order valence-corrected chi connectivity index (χ3v) is 3.76. The molecule has 0 spiro atoms. The first-order valence-electron chi connectivity index (χ1n) is 7.09. The van der Waals surface area contributed by atoms with E-state index < -0.39 is 11.9 Å². The van der Waals surface area contributed by atoms with E-state index in [1.165, 1.54) is 4.90 Å². The van der Waals surface area contributed by atoms with Crippen LogP contribution in [-0.4, -0.2) is 41.6 Å². The molecule has 0 aromatic carbocycles. The minimum atomic E-state index is -0.842. The molecule has 2 amide bonds. The Morgan fingerprint density at radius 2 is 2.05 bits per heavy atom. The molecule has 0 saturated heterocycles. The minimum Gasteiger partial charge on any atom is -0.481 e. The molecule has 0 radical (unpaired) electrons. The van der Waals surface area contributed by atoms with Crippen molar-refractivity contribution in [2.45, 2.75) is 45.1 Å². The Bertz CT molecular complexity index is 392. The molecule has 0 aliphatic heterocycles. The molecule has 1 aliphatic carbocycles. The van der Waals surface area contributed by atoms with Crippen LogP contribution in [-0.2, 0) is 4.79 Å². The first-order valence-corrected chi connectivity index (χ1v) is 7.09. The largest absolute Gasteiger partial charge is 0.481 e. The third-order valence-electron chi connectivity index (χ3n) is 3.76. The van der Waals surface area contributed by atoms with Gasteiger partial charge in [0.2, 0.25) is 0 Å². The standard InChI is InChI=1S/C14H23N3O3/c1-10(8-15)9-17(2)14(20)16-12-7-5-3-4-6-11(12)13(18)19/h10-12H,3-7,9H2,1-2H3,(H,16,20)(H,18,19). The second kappa shape index (κ2) is 7.73. The van der Waals surface area contributed by atoms with E-state index in [0.29, 0.717) is 19.4 Å². The van der Waals surface area contributed by atoms with Gasteiger partial charge in [-0.25, -0.2) is 4.79 Å². The van der Waals surface area contributed by atoms with Crippen LogP contribution in [0.5, 0.6) is 0 Å². The van der Waals surface area contributed by atoms with Crippen molar-refractivity contribution in [2.75, 3.05) is 13.6 Å². The maximum atomic E-state index is 12.1. The lowest BCUT2D eigenvalue weighted by Crippen LogP contribution is -2.48.